The van der Waals surface area contributed by atoms with Crippen molar-refractivity contribution in [2.45, 2.75) is 19.4 Å². The maximum absolute atomic E-state index is 5.67. The number of fused-ring (bicyclic) bond motifs is 1. The molecule has 6 nitrogen and oxygen atoms in total. The Morgan fingerprint density at radius 1 is 1.17 bits per heavy atom. The number of methoxy groups -OCH3 is 1. The van der Waals surface area contributed by atoms with Gasteiger partial charge in [0.2, 0.25) is 0 Å². The third kappa shape index (κ3) is 3.38. The Morgan fingerprint density at radius 3 is 2.46 bits per heavy atom. The van der Waals surface area contributed by atoms with Crippen molar-refractivity contribution in [1.82, 2.24) is 25.1 Å². The molecule has 1 atom stereocenters. The maximum atomic E-state index is 5.67. The Kier molecular flexibility index (Phi) is 4.76. The van der Waals surface area contributed by atoms with Gasteiger partial charge in [0.25, 0.3) is 0 Å². The highest BCUT2D eigenvalue weighted by Gasteiger charge is 2.21. The van der Waals surface area contributed by atoms with Crippen LogP contribution in [0.15, 0.2) is 36.4 Å². The van der Waals surface area contributed by atoms with Crippen LogP contribution in [0.5, 0.6) is 5.75 Å². The fourth-order valence-electron chi connectivity index (χ4n) is 2.88. The van der Waals surface area contributed by atoms with Gasteiger partial charge in [0, 0.05) is 5.56 Å². The number of nitrogens with zero attached hydrogens (tertiary/aromatic N) is 5. The summed E-state index contributed by atoms with van der Waals surface area (Å²) in [5.74, 6) is 1.53. The number of aryl methyl sites for hydroxylation is 1. The summed E-state index contributed by atoms with van der Waals surface area (Å²) < 4.78 is 5.67. The number of rotatable bonds is 6. The second-order valence-corrected chi connectivity index (χ2v) is 6.21. The number of hydrogen-bond acceptors (Lipinski definition) is 5. The van der Waals surface area contributed by atoms with Gasteiger partial charge in [0.1, 0.15) is 11.8 Å². The van der Waals surface area contributed by atoms with E-state index < -0.39 is 0 Å². The lowest BCUT2D eigenvalue weighted by Crippen LogP contribution is -2.22. The minimum atomic E-state index is -0.0202. The highest BCUT2D eigenvalue weighted by Crippen LogP contribution is 2.33. The summed E-state index contributed by atoms with van der Waals surface area (Å²) in [7, 11) is 5.83. The molecule has 6 heteroatoms. The third-order valence-corrected chi connectivity index (χ3v) is 4.11. The van der Waals surface area contributed by atoms with Crippen molar-refractivity contribution in [2.24, 2.45) is 0 Å². The highest BCUT2D eigenvalue weighted by atomic mass is 16.5. The molecule has 3 rings (SSSR count). The van der Waals surface area contributed by atoms with E-state index in [1.165, 1.54) is 5.39 Å². The first-order valence-corrected chi connectivity index (χ1v) is 8.06. The molecular formula is C18H23N5O. The van der Waals surface area contributed by atoms with Crippen LogP contribution in [0.2, 0.25) is 0 Å². The first kappa shape index (κ1) is 16.4. The largest absolute Gasteiger partial charge is 0.496 e. The van der Waals surface area contributed by atoms with Gasteiger partial charge >= 0.3 is 0 Å². The first-order chi connectivity index (χ1) is 11.6. The average molecular weight is 325 g/mol. The van der Waals surface area contributed by atoms with E-state index in [1.807, 2.05) is 19.1 Å². The van der Waals surface area contributed by atoms with E-state index in [0.29, 0.717) is 5.82 Å². The lowest BCUT2D eigenvalue weighted by Gasteiger charge is -2.21. The summed E-state index contributed by atoms with van der Waals surface area (Å²) in [5.41, 5.74) is 1.08. The summed E-state index contributed by atoms with van der Waals surface area (Å²) >= 11 is 0. The van der Waals surface area contributed by atoms with Crippen molar-refractivity contribution in [3.05, 3.63) is 47.8 Å². The van der Waals surface area contributed by atoms with Crippen molar-refractivity contribution in [3.63, 3.8) is 0 Å². The molecule has 0 aliphatic carbocycles. The fraction of sp³-hybridized carbons (Fsp3) is 0.389. The normalized spacial score (nSPS) is 12.7. The van der Waals surface area contributed by atoms with E-state index in [9.17, 15) is 0 Å². The number of ether oxygens (including phenoxy) is 1. The molecule has 0 N–H and O–H groups in total. The van der Waals surface area contributed by atoms with Crippen LogP contribution in [0.4, 0.5) is 0 Å². The molecule has 3 aromatic rings. The lowest BCUT2D eigenvalue weighted by molar-refractivity contribution is 0.329. The summed E-state index contributed by atoms with van der Waals surface area (Å²) in [6.07, 6.45) is 0.873. The molecule has 0 saturated carbocycles. The van der Waals surface area contributed by atoms with Crippen LogP contribution in [0.3, 0.4) is 0 Å². The molecule has 0 radical (unpaired) electrons. The Balaban J connectivity index is 2.10. The van der Waals surface area contributed by atoms with Crippen LogP contribution >= 0.6 is 0 Å². The minimum Gasteiger partial charge on any atom is -0.496 e. The van der Waals surface area contributed by atoms with Crippen LogP contribution in [0.25, 0.3) is 10.8 Å². The SMILES string of the molecule is COc1cc2ccccc2cc1C(CCN(C)C)n1nnc(C)n1. The van der Waals surface area contributed by atoms with E-state index in [1.54, 1.807) is 11.9 Å². The van der Waals surface area contributed by atoms with E-state index >= 15 is 0 Å². The number of benzene rings is 2. The maximum Gasteiger partial charge on any atom is 0.171 e. The van der Waals surface area contributed by atoms with Gasteiger partial charge in [-0.1, -0.05) is 24.3 Å². The molecule has 0 aliphatic rings. The van der Waals surface area contributed by atoms with Gasteiger partial charge in [-0.25, -0.2) is 0 Å². The van der Waals surface area contributed by atoms with Gasteiger partial charge in [-0.2, -0.15) is 4.80 Å². The average Bonchev–Trinajstić information content (AvgIpc) is 3.00. The zero-order valence-electron chi connectivity index (χ0n) is 14.6. The van der Waals surface area contributed by atoms with Gasteiger partial charge in [0.15, 0.2) is 5.82 Å². The standard InChI is InChI=1S/C18H23N5O/c1-13-19-21-23(20-13)17(9-10-22(2)3)16-11-14-7-5-6-8-15(14)12-18(16)24-4/h5-8,11-12,17H,9-10H2,1-4H3. The number of tetrazole rings is 1. The van der Waals surface area contributed by atoms with Gasteiger partial charge in [-0.05, 0) is 62.1 Å². The van der Waals surface area contributed by atoms with Crippen molar-refractivity contribution < 1.29 is 4.74 Å². The monoisotopic (exact) mass is 325 g/mol. The fourth-order valence-corrected chi connectivity index (χ4v) is 2.88. The number of hydrogen-bond donors (Lipinski definition) is 0. The van der Waals surface area contributed by atoms with E-state index in [-0.39, 0.29) is 6.04 Å². The summed E-state index contributed by atoms with van der Waals surface area (Å²) in [6.45, 7) is 2.77. The molecule has 1 unspecified atom stereocenters. The quantitative estimate of drug-likeness (QED) is 0.697. The predicted octanol–water partition coefficient (Wildman–Crippen LogP) is 2.68. The molecule has 0 saturated heterocycles. The van der Waals surface area contributed by atoms with Crippen molar-refractivity contribution >= 4 is 10.8 Å². The number of aromatic nitrogens is 4. The first-order valence-electron chi connectivity index (χ1n) is 8.06. The zero-order valence-corrected chi connectivity index (χ0v) is 14.6. The van der Waals surface area contributed by atoms with E-state index in [2.05, 4.69) is 58.7 Å². The van der Waals surface area contributed by atoms with Crippen LogP contribution in [0.1, 0.15) is 23.9 Å². The molecule has 126 valence electrons. The van der Waals surface area contributed by atoms with E-state index in [0.717, 1.165) is 29.7 Å². The second kappa shape index (κ2) is 6.97. The molecule has 0 aliphatic heterocycles. The molecule has 1 heterocycles. The highest BCUT2D eigenvalue weighted by molar-refractivity contribution is 5.85. The minimum absolute atomic E-state index is 0.0202. The van der Waals surface area contributed by atoms with Crippen molar-refractivity contribution in [1.29, 1.82) is 0 Å². The van der Waals surface area contributed by atoms with Gasteiger partial charge in [0.05, 0.1) is 7.11 Å². The Hall–Kier alpha value is -2.47. The van der Waals surface area contributed by atoms with Crippen molar-refractivity contribution in [3.8, 4) is 5.75 Å². The Labute approximate surface area is 142 Å². The molecule has 1 aromatic heterocycles. The lowest BCUT2D eigenvalue weighted by atomic mass is 9.98. The van der Waals surface area contributed by atoms with Gasteiger partial charge in [-0.3, -0.25) is 0 Å². The van der Waals surface area contributed by atoms with Crippen LogP contribution in [-0.2, 0) is 0 Å². The molecule has 24 heavy (non-hydrogen) atoms. The molecule has 2 aromatic carbocycles. The van der Waals surface area contributed by atoms with Crippen LogP contribution in [-0.4, -0.2) is 52.9 Å². The van der Waals surface area contributed by atoms with Gasteiger partial charge in [-0.15, -0.1) is 10.2 Å². The Morgan fingerprint density at radius 2 is 1.88 bits per heavy atom. The molecule has 0 bridgehead atoms. The molecule has 0 spiro atoms. The van der Waals surface area contributed by atoms with Crippen LogP contribution < -0.4 is 4.74 Å². The molecular weight excluding hydrogens is 302 g/mol. The molecule has 0 amide bonds. The zero-order chi connectivity index (χ0) is 17.1. The predicted molar refractivity (Wildman–Crippen MR) is 94.4 cm³/mol. The topological polar surface area (TPSA) is 56.1 Å². The summed E-state index contributed by atoms with van der Waals surface area (Å²) in [4.78, 5) is 3.86. The van der Waals surface area contributed by atoms with Gasteiger partial charge < -0.3 is 9.64 Å². The van der Waals surface area contributed by atoms with E-state index in [4.69, 9.17) is 4.74 Å². The second-order valence-electron chi connectivity index (χ2n) is 6.21. The third-order valence-electron chi connectivity index (χ3n) is 4.11. The van der Waals surface area contributed by atoms with Crippen LogP contribution in [0, 0.1) is 6.92 Å². The summed E-state index contributed by atoms with van der Waals surface area (Å²) in [5, 5.41) is 15.0. The summed E-state index contributed by atoms with van der Waals surface area (Å²) in [6, 6.07) is 12.5. The van der Waals surface area contributed by atoms with Crippen molar-refractivity contribution in [2.75, 3.05) is 27.7 Å². The Bertz CT molecular complexity index is 827. The smallest absolute Gasteiger partial charge is 0.171 e. The molecule has 0 fully saturated rings.